The summed E-state index contributed by atoms with van der Waals surface area (Å²) in [5.41, 5.74) is 1.24. The van der Waals surface area contributed by atoms with Crippen molar-refractivity contribution in [3.63, 3.8) is 0 Å². The van der Waals surface area contributed by atoms with Crippen LogP contribution in [-0.4, -0.2) is 24.5 Å². The summed E-state index contributed by atoms with van der Waals surface area (Å²) in [6.07, 6.45) is 3.90. The fourth-order valence-electron chi connectivity index (χ4n) is 1.91. The predicted molar refractivity (Wildman–Crippen MR) is 88.6 cm³/mol. The number of methoxy groups -OCH3 is 1. The second kappa shape index (κ2) is 8.02. The average molecular weight is 299 g/mol. The highest BCUT2D eigenvalue weighted by molar-refractivity contribution is 6.04. The molecule has 2 rings (SSSR count). The third-order valence-corrected chi connectivity index (χ3v) is 3.21. The molecule has 5 nitrogen and oxygen atoms in total. The molecule has 5 heteroatoms. The van der Waals surface area contributed by atoms with Crippen LogP contribution in [0.2, 0.25) is 0 Å². The average Bonchev–Trinajstić information content (AvgIpc) is 2.57. The molecule has 0 unspecified atom stereocenters. The molecule has 0 spiro atoms. The van der Waals surface area contributed by atoms with Crippen LogP contribution in [0.25, 0.3) is 0 Å². The zero-order valence-corrected chi connectivity index (χ0v) is 12.9. The lowest BCUT2D eigenvalue weighted by Gasteiger charge is -2.08. The van der Waals surface area contributed by atoms with Gasteiger partial charge in [0.15, 0.2) is 0 Å². The summed E-state index contributed by atoms with van der Waals surface area (Å²) in [6, 6.07) is 10.7. The SMILES string of the molecule is CCCCNc1ccc(NC(=O)c2ccc(OC)cc2)cn1. The molecule has 1 aromatic heterocycles. The molecule has 2 aromatic rings. The second-order valence-corrected chi connectivity index (χ2v) is 4.90. The Labute approximate surface area is 130 Å². The van der Waals surface area contributed by atoms with E-state index < -0.39 is 0 Å². The fourth-order valence-corrected chi connectivity index (χ4v) is 1.91. The minimum absolute atomic E-state index is 0.170. The number of nitrogens with zero attached hydrogens (tertiary/aromatic N) is 1. The van der Waals surface area contributed by atoms with Crippen molar-refractivity contribution in [3.05, 3.63) is 48.2 Å². The maximum absolute atomic E-state index is 12.1. The number of nitrogens with one attached hydrogen (secondary N) is 2. The van der Waals surface area contributed by atoms with Gasteiger partial charge in [-0.2, -0.15) is 0 Å². The molecule has 2 N–H and O–H groups in total. The number of carbonyl (C=O) groups excluding carboxylic acids is 1. The highest BCUT2D eigenvalue weighted by Gasteiger charge is 2.06. The summed E-state index contributed by atoms with van der Waals surface area (Å²) < 4.78 is 5.07. The number of anilines is 2. The summed E-state index contributed by atoms with van der Waals surface area (Å²) in [5.74, 6) is 1.37. The third-order valence-electron chi connectivity index (χ3n) is 3.21. The summed E-state index contributed by atoms with van der Waals surface area (Å²) in [7, 11) is 1.59. The molecule has 0 aliphatic carbocycles. The van der Waals surface area contributed by atoms with Gasteiger partial charge in [0, 0.05) is 12.1 Å². The number of benzene rings is 1. The number of carbonyl (C=O) groups is 1. The van der Waals surface area contributed by atoms with Crippen LogP contribution in [0.4, 0.5) is 11.5 Å². The molecule has 1 heterocycles. The van der Waals surface area contributed by atoms with Crippen LogP contribution in [0.5, 0.6) is 5.75 Å². The number of amides is 1. The molecule has 0 aliphatic rings. The van der Waals surface area contributed by atoms with E-state index in [2.05, 4.69) is 22.5 Å². The van der Waals surface area contributed by atoms with Crippen LogP contribution < -0.4 is 15.4 Å². The molecule has 22 heavy (non-hydrogen) atoms. The summed E-state index contributed by atoms with van der Waals surface area (Å²) in [6.45, 7) is 3.05. The fraction of sp³-hybridized carbons (Fsp3) is 0.294. The van der Waals surface area contributed by atoms with E-state index in [0.29, 0.717) is 11.3 Å². The molecular weight excluding hydrogens is 278 g/mol. The second-order valence-electron chi connectivity index (χ2n) is 4.90. The Kier molecular flexibility index (Phi) is 5.77. The Bertz CT molecular complexity index is 594. The molecule has 116 valence electrons. The van der Waals surface area contributed by atoms with Gasteiger partial charge in [-0.25, -0.2) is 4.98 Å². The van der Waals surface area contributed by atoms with Gasteiger partial charge in [-0.1, -0.05) is 13.3 Å². The monoisotopic (exact) mass is 299 g/mol. The van der Waals surface area contributed by atoms with Gasteiger partial charge < -0.3 is 15.4 Å². The minimum atomic E-state index is -0.170. The molecule has 0 fully saturated rings. The van der Waals surface area contributed by atoms with E-state index >= 15 is 0 Å². The van der Waals surface area contributed by atoms with Crippen molar-refractivity contribution in [2.24, 2.45) is 0 Å². The van der Waals surface area contributed by atoms with E-state index in [1.807, 2.05) is 12.1 Å². The number of unbranched alkanes of at least 4 members (excludes halogenated alkanes) is 1. The Hall–Kier alpha value is -2.56. The lowest BCUT2D eigenvalue weighted by molar-refractivity contribution is 0.102. The number of aromatic nitrogens is 1. The van der Waals surface area contributed by atoms with Crippen molar-refractivity contribution in [1.29, 1.82) is 0 Å². The molecule has 0 aliphatic heterocycles. The van der Waals surface area contributed by atoms with Crippen molar-refractivity contribution >= 4 is 17.4 Å². The summed E-state index contributed by atoms with van der Waals surface area (Å²) in [5, 5.41) is 6.05. The van der Waals surface area contributed by atoms with Gasteiger partial charge in [-0.05, 0) is 42.8 Å². The predicted octanol–water partition coefficient (Wildman–Crippen LogP) is 3.55. The van der Waals surface area contributed by atoms with Gasteiger partial charge in [-0.15, -0.1) is 0 Å². The maximum Gasteiger partial charge on any atom is 0.255 e. The Balaban J connectivity index is 1.93. The lowest BCUT2D eigenvalue weighted by atomic mass is 10.2. The third kappa shape index (κ3) is 4.48. The van der Waals surface area contributed by atoms with Crippen LogP contribution in [0.1, 0.15) is 30.1 Å². The van der Waals surface area contributed by atoms with Gasteiger partial charge in [0.2, 0.25) is 0 Å². The van der Waals surface area contributed by atoms with E-state index in [1.165, 1.54) is 0 Å². The molecule has 1 aromatic carbocycles. The summed E-state index contributed by atoms with van der Waals surface area (Å²) >= 11 is 0. The smallest absolute Gasteiger partial charge is 0.255 e. The van der Waals surface area contributed by atoms with Gasteiger partial charge in [0.05, 0.1) is 19.0 Å². The summed E-state index contributed by atoms with van der Waals surface area (Å²) in [4.78, 5) is 16.4. The van der Waals surface area contributed by atoms with Crippen LogP contribution in [0.3, 0.4) is 0 Å². The molecular formula is C17H21N3O2. The first kappa shape index (κ1) is 15.8. The maximum atomic E-state index is 12.1. The zero-order chi connectivity index (χ0) is 15.8. The van der Waals surface area contributed by atoms with Crippen molar-refractivity contribution < 1.29 is 9.53 Å². The first-order chi connectivity index (χ1) is 10.7. The van der Waals surface area contributed by atoms with Crippen LogP contribution >= 0.6 is 0 Å². The van der Waals surface area contributed by atoms with E-state index in [0.717, 1.165) is 31.0 Å². The van der Waals surface area contributed by atoms with E-state index in [9.17, 15) is 4.79 Å². The number of hydrogen-bond donors (Lipinski definition) is 2. The number of pyridine rings is 1. The van der Waals surface area contributed by atoms with E-state index in [-0.39, 0.29) is 5.91 Å². The quantitative estimate of drug-likeness (QED) is 0.767. The highest BCUT2D eigenvalue weighted by Crippen LogP contribution is 2.14. The molecule has 0 saturated heterocycles. The molecule has 0 radical (unpaired) electrons. The molecule has 0 saturated carbocycles. The van der Waals surface area contributed by atoms with Gasteiger partial charge in [-0.3, -0.25) is 4.79 Å². The van der Waals surface area contributed by atoms with Crippen molar-refractivity contribution in [1.82, 2.24) is 4.98 Å². The number of ether oxygens (including phenoxy) is 1. The largest absolute Gasteiger partial charge is 0.497 e. The Morgan fingerprint density at radius 2 is 1.95 bits per heavy atom. The first-order valence-electron chi connectivity index (χ1n) is 7.38. The Morgan fingerprint density at radius 3 is 2.55 bits per heavy atom. The van der Waals surface area contributed by atoms with Gasteiger partial charge >= 0.3 is 0 Å². The standard InChI is InChI=1S/C17H21N3O2/c1-3-4-11-18-16-10-7-14(12-19-16)20-17(21)13-5-8-15(22-2)9-6-13/h5-10,12H,3-4,11H2,1-2H3,(H,18,19)(H,20,21). The number of rotatable bonds is 7. The van der Waals surface area contributed by atoms with Crippen molar-refractivity contribution in [3.8, 4) is 5.75 Å². The van der Waals surface area contributed by atoms with Gasteiger partial charge in [0.25, 0.3) is 5.91 Å². The van der Waals surface area contributed by atoms with Gasteiger partial charge in [0.1, 0.15) is 11.6 Å². The van der Waals surface area contributed by atoms with E-state index in [1.54, 1.807) is 37.6 Å². The van der Waals surface area contributed by atoms with Crippen molar-refractivity contribution in [2.45, 2.75) is 19.8 Å². The van der Waals surface area contributed by atoms with Crippen molar-refractivity contribution in [2.75, 3.05) is 24.3 Å². The van der Waals surface area contributed by atoms with Crippen LogP contribution in [-0.2, 0) is 0 Å². The van der Waals surface area contributed by atoms with Crippen LogP contribution in [0, 0.1) is 0 Å². The highest BCUT2D eigenvalue weighted by atomic mass is 16.5. The lowest BCUT2D eigenvalue weighted by Crippen LogP contribution is -2.12. The molecule has 0 bridgehead atoms. The normalized spacial score (nSPS) is 10.1. The molecule has 0 atom stereocenters. The molecule has 1 amide bonds. The van der Waals surface area contributed by atoms with Crippen LogP contribution in [0.15, 0.2) is 42.6 Å². The minimum Gasteiger partial charge on any atom is -0.497 e. The zero-order valence-electron chi connectivity index (χ0n) is 12.9. The first-order valence-corrected chi connectivity index (χ1v) is 7.38. The topological polar surface area (TPSA) is 63.2 Å². The number of hydrogen-bond acceptors (Lipinski definition) is 4. The van der Waals surface area contributed by atoms with E-state index in [4.69, 9.17) is 4.74 Å². The Morgan fingerprint density at radius 1 is 1.18 bits per heavy atom.